The van der Waals surface area contributed by atoms with Gasteiger partial charge < -0.3 is 14.8 Å². The smallest absolute Gasteiger partial charge is 0.174 e. The van der Waals surface area contributed by atoms with E-state index in [4.69, 9.17) is 12.2 Å². The average Bonchev–Trinajstić information content (AvgIpc) is 3.29. The van der Waals surface area contributed by atoms with Crippen LogP contribution in [0.4, 0.5) is 10.1 Å². The number of hydrogen-bond donors (Lipinski definition) is 1. The number of rotatable bonds is 4. The second-order valence-electron chi connectivity index (χ2n) is 8.81. The molecule has 0 aliphatic carbocycles. The SMILES string of the molecule is Cc1cc(N2C(=S)NC(c3ccccn3)C2c2c(C)c(C)n(-c3ccccc3)c2C)ccc1F. The van der Waals surface area contributed by atoms with Crippen molar-refractivity contribution in [2.75, 3.05) is 4.90 Å². The molecule has 1 aliphatic heterocycles. The Balaban J connectivity index is 1.74. The summed E-state index contributed by atoms with van der Waals surface area (Å²) in [5.74, 6) is -0.224. The molecule has 3 heterocycles. The molecule has 1 aliphatic rings. The zero-order chi connectivity index (χ0) is 24.0. The van der Waals surface area contributed by atoms with Crippen molar-refractivity contribution in [3.8, 4) is 5.69 Å². The van der Waals surface area contributed by atoms with Crippen molar-refractivity contribution in [3.05, 3.63) is 113 Å². The summed E-state index contributed by atoms with van der Waals surface area (Å²) in [5.41, 5.74) is 8.25. The summed E-state index contributed by atoms with van der Waals surface area (Å²) in [5, 5.41) is 4.12. The van der Waals surface area contributed by atoms with Crippen LogP contribution in [0.5, 0.6) is 0 Å². The molecule has 6 heteroatoms. The molecule has 34 heavy (non-hydrogen) atoms. The molecule has 2 unspecified atom stereocenters. The number of aromatic nitrogens is 2. The van der Waals surface area contributed by atoms with Crippen LogP contribution in [0.3, 0.4) is 0 Å². The first-order valence-electron chi connectivity index (χ1n) is 11.4. The normalized spacial score (nSPS) is 17.8. The molecule has 0 spiro atoms. The Hall–Kier alpha value is -3.51. The fourth-order valence-electron chi connectivity index (χ4n) is 5.11. The van der Waals surface area contributed by atoms with Gasteiger partial charge in [0.15, 0.2) is 5.11 Å². The van der Waals surface area contributed by atoms with E-state index in [0.717, 1.165) is 22.8 Å². The second kappa shape index (κ2) is 8.69. The third-order valence-electron chi connectivity index (χ3n) is 6.84. The van der Waals surface area contributed by atoms with Crippen LogP contribution < -0.4 is 10.2 Å². The summed E-state index contributed by atoms with van der Waals surface area (Å²) >= 11 is 5.86. The minimum atomic E-state index is -0.224. The number of anilines is 1. The van der Waals surface area contributed by atoms with Crippen LogP contribution in [0.15, 0.2) is 72.9 Å². The van der Waals surface area contributed by atoms with E-state index in [1.165, 1.54) is 22.9 Å². The average molecular weight is 471 g/mol. The van der Waals surface area contributed by atoms with Gasteiger partial charge in [0.25, 0.3) is 0 Å². The second-order valence-corrected chi connectivity index (χ2v) is 9.20. The molecule has 2 atom stereocenters. The lowest BCUT2D eigenvalue weighted by molar-refractivity contribution is 0.563. The summed E-state index contributed by atoms with van der Waals surface area (Å²) in [4.78, 5) is 6.78. The summed E-state index contributed by atoms with van der Waals surface area (Å²) in [6.07, 6.45) is 1.81. The largest absolute Gasteiger partial charge is 0.351 e. The zero-order valence-electron chi connectivity index (χ0n) is 19.7. The van der Waals surface area contributed by atoms with Gasteiger partial charge in [0.05, 0.1) is 17.8 Å². The highest BCUT2D eigenvalue weighted by Gasteiger charge is 2.43. The van der Waals surface area contributed by atoms with Gasteiger partial charge in [0, 0.05) is 34.5 Å². The van der Waals surface area contributed by atoms with Gasteiger partial charge in [-0.3, -0.25) is 4.98 Å². The summed E-state index contributed by atoms with van der Waals surface area (Å²) < 4.78 is 16.4. The number of halogens is 1. The predicted molar refractivity (Wildman–Crippen MR) is 139 cm³/mol. The maximum Gasteiger partial charge on any atom is 0.174 e. The highest BCUT2D eigenvalue weighted by atomic mass is 32.1. The van der Waals surface area contributed by atoms with Crippen molar-refractivity contribution in [2.24, 2.45) is 0 Å². The molecule has 0 amide bonds. The molecule has 172 valence electrons. The number of para-hydroxylation sites is 1. The maximum absolute atomic E-state index is 14.1. The van der Waals surface area contributed by atoms with E-state index in [1.54, 1.807) is 13.0 Å². The molecule has 0 bridgehead atoms. The fourth-order valence-corrected chi connectivity index (χ4v) is 5.46. The van der Waals surface area contributed by atoms with E-state index in [1.807, 2.05) is 36.5 Å². The number of aryl methyl sites for hydroxylation is 1. The quantitative estimate of drug-likeness (QED) is 0.349. The van der Waals surface area contributed by atoms with Gasteiger partial charge >= 0.3 is 0 Å². The molecule has 1 saturated heterocycles. The molecule has 5 rings (SSSR count). The lowest BCUT2D eigenvalue weighted by Crippen LogP contribution is -2.30. The number of nitrogens with zero attached hydrogens (tertiary/aromatic N) is 3. The van der Waals surface area contributed by atoms with E-state index in [2.05, 4.69) is 64.8 Å². The van der Waals surface area contributed by atoms with Crippen LogP contribution in [-0.2, 0) is 0 Å². The van der Waals surface area contributed by atoms with Gasteiger partial charge in [-0.05, 0) is 93.5 Å². The van der Waals surface area contributed by atoms with E-state index in [9.17, 15) is 4.39 Å². The Morgan fingerprint density at radius 2 is 1.62 bits per heavy atom. The first-order valence-corrected chi connectivity index (χ1v) is 11.8. The summed E-state index contributed by atoms with van der Waals surface area (Å²) in [6, 6.07) is 21.2. The lowest BCUT2D eigenvalue weighted by atomic mass is 9.93. The van der Waals surface area contributed by atoms with Crippen molar-refractivity contribution >= 4 is 23.0 Å². The minimum absolute atomic E-state index is 0.143. The van der Waals surface area contributed by atoms with Gasteiger partial charge in [-0.2, -0.15) is 0 Å². The lowest BCUT2D eigenvalue weighted by Gasteiger charge is -2.29. The Bertz CT molecular complexity index is 1360. The van der Waals surface area contributed by atoms with Crippen LogP contribution in [-0.4, -0.2) is 14.7 Å². The molecule has 4 aromatic rings. The van der Waals surface area contributed by atoms with Crippen molar-refractivity contribution in [1.82, 2.24) is 14.9 Å². The Morgan fingerprint density at radius 3 is 2.29 bits per heavy atom. The Labute approximate surface area is 205 Å². The predicted octanol–water partition coefficient (Wildman–Crippen LogP) is 6.42. The van der Waals surface area contributed by atoms with E-state index < -0.39 is 0 Å². The highest BCUT2D eigenvalue weighted by Crippen LogP contribution is 2.45. The molecule has 0 saturated carbocycles. The van der Waals surface area contributed by atoms with Gasteiger partial charge in [0.2, 0.25) is 0 Å². The Morgan fingerprint density at radius 1 is 0.882 bits per heavy atom. The Kier molecular flexibility index (Phi) is 5.70. The van der Waals surface area contributed by atoms with Gasteiger partial charge in [-0.1, -0.05) is 24.3 Å². The first-order chi connectivity index (χ1) is 16.4. The van der Waals surface area contributed by atoms with Crippen molar-refractivity contribution in [1.29, 1.82) is 0 Å². The molecule has 1 fully saturated rings. The topological polar surface area (TPSA) is 33.1 Å². The van der Waals surface area contributed by atoms with E-state index >= 15 is 0 Å². The molecule has 2 aromatic heterocycles. The minimum Gasteiger partial charge on any atom is -0.351 e. The number of benzene rings is 2. The van der Waals surface area contributed by atoms with Crippen LogP contribution in [0.25, 0.3) is 5.69 Å². The van der Waals surface area contributed by atoms with Gasteiger partial charge in [-0.15, -0.1) is 0 Å². The fraction of sp³-hybridized carbons (Fsp3) is 0.214. The number of thiocarbonyl (C=S) groups is 1. The standard InChI is InChI=1S/C28H27FN4S/c1-17-16-22(13-14-23(17)29)33-27(26(31-28(33)34)24-12-8-9-15-30-24)25-18(2)19(3)32(20(25)4)21-10-6-5-7-11-21/h5-16,26-27H,1-4H3,(H,31,34). The summed E-state index contributed by atoms with van der Waals surface area (Å²) in [6.45, 7) is 8.26. The third kappa shape index (κ3) is 3.59. The molecule has 0 radical (unpaired) electrons. The number of hydrogen-bond acceptors (Lipinski definition) is 2. The third-order valence-corrected chi connectivity index (χ3v) is 7.15. The van der Waals surface area contributed by atoms with E-state index in [0.29, 0.717) is 10.7 Å². The van der Waals surface area contributed by atoms with Gasteiger partial charge in [0.1, 0.15) is 5.82 Å². The molecule has 2 aromatic carbocycles. The van der Waals surface area contributed by atoms with Crippen LogP contribution in [0.1, 0.15) is 45.9 Å². The highest BCUT2D eigenvalue weighted by molar-refractivity contribution is 7.80. The number of nitrogens with one attached hydrogen (secondary N) is 1. The zero-order valence-corrected chi connectivity index (χ0v) is 20.5. The van der Waals surface area contributed by atoms with Gasteiger partial charge in [-0.25, -0.2) is 4.39 Å². The molecular formula is C28H27FN4S. The monoisotopic (exact) mass is 470 g/mol. The van der Waals surface area contributed by atoms with Crippen LogP contribution in [0, 0.1) is 33.5 Å². The summed E-state index contributed by atoms with van der Waals surface area (Å²) in [7, 11) is 0. The molecule has 4 nitrogen and oxygen atoms in total. The maximum atomic E-state index is 14.1. The van der Waals surface area contributed by atoms with E-state index in [-0.39, 0.29) is 17.9 Å². The van der Waals surface area contributed by atoms with Crippen LogP contribution in [0.2, 0.25) is 0 Å². The molecule has 1 N–H and O–H groups in total. The van der Waals surface area contributed by atoms with Crippen molar-refractivity contribution in [3.63, 3.8) is 0 Å². The molecular weight excluding hydrogens is 443 g/mol. The first kappa shape index (κ1) is 22.3. The van der Waals surface area contributed by atoms with Crippen molar-refractivity contribution < 1.29 is 4.39 Å². The van der Waals surface area contributed by atoms with Crippen LogP contribution >= 0.6 is 12.2 Å². The van der Waals surface area contributed by atoms with Crippen molar-refractivity contribution in [2.45, 2.75) is 39.8 Å². The number of pyridine rings is 1.